The number of hydrogen-bond acceptors (Lipinski definition) is 5. The van der Waals surface area contributed by atoms with Gasteiger partial charge in [-0.2, -0.15) is 0 Å². The molecule has 0 unspecified atom stereocenters. The van der Waals surface area contributed by atoms with E-state index in [1.165, 1.54) is 5.56 Å². The summed E-state index contributed by atoms with van der Waals surface area (Å²) in [6, 6.07) is 16.7. The van der Waals surface area contributed by atoms with Crippen LogP contribution >= 0.6 is 0 Å². The predicted molar refractivity (Wildman–Crippen MR) is 115 cm³/mol. The summed E-state index contributed by atoms with van der Waals surface area (Å²) in [5.74, 6) is 0.580. The van der Waals surface area contributed by atoms with E-state index in [0.29, 0.717) is 35.0 Å². The van der Waals surface area contributed by atoms with E-state index in [1.807, 2.05) is 39.8 Å². The molecule has 5 nitrogen and oxygen atoms in total. The largest absolute Gasteiger partial charge is 0.494 e. The van der Waals surface area contributed by atoms with Crippen LogP contribution in [0, 0.1) is 20.8 Å². The van der Waals surface area contributed by atoms with Gasteiger partial charge in [-0.3, -0.25) is 0 Å². The Kier molecular flexibility index (Phi) is 6.52. The Hall–Kier alpha value is -3.60. The molecule has 0 N–H and O–H groups in total. The van der Waals surface area contributed by atoms with Gasteiger partial charge in [-0.15, -0.1) is 0 Å². The van der Waals surface area contributed by atoms with Crippen LogP contribution < -0.4 is 14.2 Å². The summed E-state index contributed by atoms with van der Waals surface area (Å²) in [6.07, 6.45) is 0. The van der Waals surface area contributed by atoms with Crippen molar-refractivity contribution in [2.45, 2.75) is 27.7 Å². The SMILES string of the molecule is CCOc1ccc(C(=O)Oc2ccc(C(=O)Oc3cc(C)c(C)c(C)c3)cc2)cc1. The fourth-order valence-corrected chi connectivity index (χ4v) is 2.90. The van der Waals surface area contributed by atoms with Crippen molar-refractivity contribution in [2.75, 3.05) is 6.61 Å². The fraction of sp³-hybridized carbons (Fsp3) is 0.200. The van der Waals surface area contributed by atoms with E-state index in [1.54, 1.807) is 48.5 Å². The molecule has 0 fully saturated rings. The highest BCUT2D eigenvalue weighted by atomic mass is 16.5. The molecule has 0 amide bonds. The highest BCUT2D eigenvalue weighted by molar-refractivity contribution is 5.92. The van der Waals surface area contributed by atoms with Crippen molar-refractivity contribution in [2.24, 2.45) is 0 Å². The Morgan fingerprint density at radius 3 is 1.57 bits per heavy atom. The van der Waals surface area contributed by atoms with E-state index < -0.39 is 11.9 Å². The minimum Gasteiger partial charge on any atom is -0.494 e. The summed E-state index contributed by atoms with van der Waals surface area (Å²) >= 11 is 0. The van der Waals surface area contributed by atoms with Crippen LogP contribution in [0.5, 0.6) is 17.2 Å². The Morgan fingerprint density at radius 1 is 0.667 bits per heavy atom. The van der Waals surface area contributed by atoms with Gasteiger partial charge >= 0.3 is 11.9 Å². The van der Waals surface area contributed by atoms with Gasteiger partial charge in [-0.25, -0.2) is 9.59 Å². The highest BCUT2D eigenvalue weighted by Crippen LogP contribution is 2.23. The minimum absolute atomic E-state index is 0.340. The molecule has 3 rings (SSSR count). The summed E-state index contributed by atoms with van der Waals surface area (Å²) in [7, 11) is 0. The zero-order chi connectivity index (χ0) is 21.7. The lowest BCUT2D eigenvalue weighted by Crippen LogP contribution is -2.10. The first-order chi connectivity index (χ1) is 14.4. The summed E-state index contributed by atoms with van der Waals surface area (Å²) in [6.45, 7) is 8.44. The van der Waals surface area contributed by atoms with E-state index in [9.17, 15) is 9.59 Å². The molecule has 0 aliphatic carbocycles. The zero-order valence-corrected chi connectivity index (χ0v) is 17.5. The standard InChI is InChI=1S/C25H24O5/c1-5-28-21-10-6-19(7-11-21)24(26)29-22-12-8-20(9-13-22)25(27)30-23-14-16(2)18(4)17(3)15-23/h6-15H,5H2,1-4H3. The molecule has 0 bridgehead atoms. The molecule has 0 aliphatic heterocycles. The quantitative estimate of drug-likeness (QED) is 0.404. The highest BCUT2D eigenvalue weighted by Gasteiger charge is 2.13. The average molecular weight is 404 g/mol. The lowest BCUT2D eigenvalue weighted by atomic mass is 10.0. The molecule has 0 radical (unpaired) electrons. The molecular formula is C25H24O5. The lowest BCUT2D eigenvalue weighted by Gasteiger charge is -2.10. The van der Waals surface area contributed by atoms with Crippen molar-refractivity contribution in [1.29, 1.82) is 0 Å². The number of carbonyl (C=O) groups excluding carboxylic acids is 2. The third-order valence-electron chi connectivity index (χ3n) is 4.81. The molecule has 0 saturated heterocycles. The Balaban J connectivity index is 1.64. The number of rotatable bonds is 6. The molecule has 5 heteroatoms. The first-order valence-electron chi connectivity index (χ1n) is 9.72. The van der Waals surface area contributed by atoms with Crippen LogP contribution in [0.2, 0.25) is 0 Å². The molecule has 0 aromatic heterocycles. The topological polar surface area (TPSA) is 61.8 Å². The van der Waals surface area contributed by atoms with E-state index in [2.05, 4.69) is 0 Å². The van der Waals surface area contributed by atoms with E-state index in [-0.39, 0.29) is 0 Å². The lowest BCUT2D eigenvalue weighted by molar-refractivity contribution is 0.0730. The fourth-order valence-electron chi connectivity index (χ4n) is 2.90. The first-order valence-corrected chi connectivity index (χ1v) is 9.72. The summed E-state index contributed by atoms with van der Waals surface area (Å²) in [5.41, 5.74) is 4.08. The van der Waals surface area contributed by atoms with Crippen LogP contribution in [-0.4, -0.2) is 18.5 Å². The van der Waals surface area contributed by atoms with Crippen LogP contribution in [0.3, 0.4) is 0 Å². The second-order valence-electron chi connectivity index (χ2n) is 6.94. The maximum atomic E-state index is 12.4. The monoisotopic (exact) mass is 404 g/mol. The van der Waals surface area contributed by atoms with Crippen LogP contribution in [-0.2, 0) is 0 Å². The van der Waals surface area contributed by atoms with Gasteiger partial charge in [-0.1, -0.05) is 0 Å². The zero-order valence-electron chi connectivity index (χ0n) is 17.5. The smallest absolute Gasteiger partial charge is 0.343 e. The molecule has 30 heavy (non-hydrogen) atoms. The van der Waals surface area contributed by atoms with E-state index in [4.69, 9.17) is 14.2 Å². The van der Waals surface area contributed by atoms with Crippen molar-refractivity contribution in [3.8, 4) is 17.2 Å². The van der Waals surface area contributed by atoms with Gasteiger partial charge in [0.25, 0.3) is 0 Å². The normalized spacial score (nSPS) is 10.4. The third-order valence-corrected chi connectivity index (χ3v) is 4.81. The van der Waals surface area contributed by atoms with Gasteiger partial charge in [0, 0.05) is 0 Å². The number of ether oxygens (including phenoxy) is 3. The molecular weight excluding hydrogens is 380 g/mol. The maximum Gasteiger partial charge on any atom is 0.343 e. The third kappa shape index (κ3) is 5.06. The van der Waals surface area contributed by atoms with Crippen molar-refractivity contribution < 1.29 is 23.8 Å². The molecule has 0 saturated carbocycles. The van der Waals surface area contributed by atoms with Gasteiger partial charge in [-0.05, 0) is 105 Å². The average Bonchev–Trinajstić information content (AvgIpc) is 2.73. The number of esters is 2. The van der Waals surface area contributed by atoms with E-state index in [0.717, 1.165) is 11.1 Å². The Morgan fingerprint density at radius 2 is 1.10 bits per heavy atom. The molecule has 154 valence electrons. The minimum atomic E-state index is -0.487. The second-order valence-corrected chi connectivity index (χ2v) is 6.94. The molecule has 0 spiro atoms. The van der Waals surface area contributed by atoms with Crippen LogP contribution in [0.15, 0.2) is 60.7 Å². The molecule has 0 atom stereocenters. The summed E-state index contributed by atoms with van der Waals surface area (Å²) in [4.78, 5) is 24.7. The van der Waals surface area contributed by atoms with E-state index >= 15 is 0 Å². The van der Waals surface area contributed by atoms with Gasteiger partial charge < -0.3 is 14.2 Å². The first kappa shape index (κ1) is 21.1. The molecule has 0 heterocycles. The van der Waals surface area contributed by atoms with Crippen molar-refractivity contribution in [1.82, 2.24) is 0 Å². The second kappa shape index (κ2) is 9.27. The van der Waals surface area contributed by atoms with Crippen molar-refractivity contribution in [3.05, 3.63) is 88.5 Å². The maximum absolute atomic E-state index is 12.4. The Labute approximate surface area is 176 Å². The number of benzene rings is 3. The van der Waals surface area contributed by atoms with Gasteiger partial charge in [0.2, 0.25) is 0 Å². The van der Waals surface area contributed by atoms with Gasteiger partial charge in [0.05, 0.1) is 17.7 Å². The summed E-state index contributed by atoms with van der Waals surface area (Å²) in [5, 5.41) is 0. The van der Waals surface area contributed by atoms with Gasteiger partial charge in [0.1, 0.15) is 17.2 Å². The van der Waals surface area contributed by atoms with Crippen LogP contribution in [0.1, 0.15) is 44.3 Å². The molecule has 0 aliphatic rings. The van der Waals surface area contributed by atoms with Gasteiger partial charge in [0.15, 0.2) is 0 Å². The molecule has 3 aromatic carbocycles. The van der Waals surface area contributed by atoms with Crippen molar-refractivity contribution in [3.63, 3.8) is 0 Å². The Bertz CT molecular complexity index is 1030. The molecule has 3 aromatic rings. The predicted octanol–water partition coefficient (Wildman–Crippen LogP) is 5.45. The van der Waals surface area contributed by atoms with Crippen molar-refractivity contribution >= 4 is 11.9 Å². The number of carbonyl (C=O) groups is 2. The van der Waals surface area contributed by atoms with Crippen LogP contribution in [0.25, 0.3) is 0 Å². The number of hydrogen-bond donors (Lipinski definition) is 0. The number of aryl methyl sites for hydroxylation is 2. The summed E-state index contributed by atoms with van der Waals surface area (Å²) < 4.78 is 16.2. The van der Waals surface area contributed by atoms with Crippen LogP contribution in [0.4, 0.5) is 0 Å².